The monoisotopic (exact) mass is 453 g/mol. The fraction of sp³-hybridized carbons (Fsp3) is 0.304. The highest BCUT2D eigenvalue weighted by atomic mass is 79.9. The van der Waals surface area contributed by atoms with Crippen LogP contribution in [0.2, 0.25) is 0 Å². The molecule has 4 rings (SSSR count). The first kappa shape index (κ1) is 19.7. The van der Waals surface area contributed by atoms with Crippen molar-refractivity contribution in [3.05, 3.63) is 58.7 Å². The molecule has 1 N–H and O–H groups in total. The second-order valence-corrected chi connectivity index (χ2v) is 8.06. The number of piperidine rings is 1. The zero-order valence-electron chi connectivity index (χ0n) is 16.5. The number of benzene rings is 2. The molecule has 1 aromatic heterocycles. The molecule has 1 aliphatic heterocycles. The molecule has 1 aliphatic rings. The number of fused-ring (bicyclic) bond motifs is 1. The van der Waals surface area contributed by atoms with E-state index in [0.717, 1.165) is 34.2 Å². The number of aromatic nitrogens is 1. The van der Waals surface area contributed by atoms with Crippen molar-refractivity contribution in [1.82, 2.24) is 4.98 Å². The van der Waals surface area contributed by atoms with Crippen LogP contribution >= 0.6 is 15.9 Å². The fourth-order valence-corrected chi connectivity index (χ4v) is 4.08. The van der Waals surface area contributed by atoms with Crippen molar-refractivity contribution in [3.63, 3.8) is 0 Å². The number of carbonyl (C=O) groups excluding carboxylic acids is 1. The Labute approximate surface area is 179 Å². The number of nitrogens with zero attached hydrogens (tertiary/aromatic N) is 2. The molecule has 0 radical (unpaired) electrons. The molecule has 2 aromatic carbocycles. The Morgan fingerprint density at radius 3 is 2.62 bits per heavy atom. The van der Waals surface area contributed by atoms with Crippen LogP contribution in [-0.2, 0) is 4.74 Å². The number of esters is 1. The van der Waals surface area contributed by atoms with Gasteiger partial charge in [-0.1, -0.05) is 15.9 Å². The van der Waals surface area contributed by atoms with E-state index in [9.17, 15) is 4.79 Å². The number of hydrogen-bond acceptors (Lipinski definition) is 5. The summed E-state index contributed by atoms with van der Waals surface area (Å²) in [6.07, 6.45) is 5.40. The number of pyridine rings is 1. The Hall–Kier alpha value is -2.60. The summed E-state index contributed by atoms with van der Waals surface area (Å²) >= 11 is 3.52. The smallest absolute Gasteiger partial charge is 0.341 e. The first-order chi connectivity index (χ1) is 14.2. The van der Waals surface area contributed by atoms with E-state index in [0.29, 0.717) is 17.9 Å². The van der Waals surface area contributed by atoms with Crippen LogP contribution in [0.5, 0.6) is 0 Å². The summed E-state index contributed by atoms with van der Waals surface area (Å²) in [5, 5.41) is 4.30. The van der Waals surface area contributed by atoms with Gasteiger partial charge in [0.15, 0.2) is 0 Å². The summed E-state index contributed by atoms with van der Waals surface area (Å²) in [6, 6.07) is 14.2. The number of ether oxygens (including phenoxy) is 1. The molecule has 150 valence electrons. The number of nitrogens with one attached hydrogen (secondary N) is 1. The Balaban J connectivity index is 1.69. The Kier molecular flexibility index (Phi) is 6.00. The fourth-order valence-electron chi connectivity index (χ4n) is 3.72. The van der Waals surface area contributed by atoms with E-state index in [-0.39, 0.29) is 5.97 Å². The Morgan fingerprint density at radius 1 is 1.14 bits per heavy atom. The van der Waals surface area contributed by atoms with Gasteiger partial charge < -0.3 is 15.0 Å². The molecule has 2 heterocycles. The zero-order chi connectivity index (χ0) is 20.2. The van der Waals surface area contributed by atoms with Gasteiger partial charge in [-0.05, 0) is 68.7 Å². The van der Waals surface area contributed by atoms with E-state index >= 15 is 0 Å². The van der Waals surface area contributed by atoms with Gasteiger partial charge in [-0.3, -0.25) is 4.98 Å². The van der Waals surface area contributed by atoms with Gasteiger partial charge in [0.25, 0.3) is 0 Å². The van der Waals surface area contributed by atoms with E-state index < -0.39 is 0 Å². The summed E-state index contributed by atoms with van der Waals surface area (Å²) in [5.74, 6) is -0.380. The van der Waals surface area contributed by atoms with Crippen LogP contribution in [-0.4, -0.2) is 30.6 Å². The molecule has 0 bridgehead atoms. The number of carbonyl (C=O) groups is 1. The van der Waals surface area contributed by atoms with Crippen molar-refractivity contribution in [2.24, 2.45) is 0 Å². The van der Waals surface area contributed by atoms with Gasteiger partial charge in [-0.25, -0.2) is 4.79 Å². The van der Waals surface area contributed by atoms with Crippen molar-refractivity contribution in [1.29, 1.82) is 0 Å². The molecule has 0 saturated carbocycles. The molecule has 5 nitrogen and oxygen atoms in total. The Morgan fingerprint density at radius 2 is 1.90 bits per heavy atom. The minimum atomic E-state index is -0.380. The lowest BCUT2D eigenvalue weighted by Gasteiger charge is -2.29. The molecule has 0 unspecified atom stereocenters. The predicted octanol–water partition coefficient (Wildman–Crippen LogP) is 5.91. The lowest BCUT2D eigenvalue weighted by atomic mass is 10.1. The van der Waals surface area contributed by atoms with Crippen LogP contribution in [0.1, 0.15) is 36.5 Å². The first-order valence-electron chi connectivity index (χ1n) is 10.0. The van der Waals surface area contributed by atoms with E-state index in [1.54, 1.807) is 13.1 Å². The van der Waals surface area contributed by atoms with Gasteiger partial charge in [-0.2, -0.15) is 0 Å². The number of hydrogen-bond donors (Lipinski definition) is 1. The highest BCUT2D eigenvalue weighted by molar-refractivity contribution is 9.10. The molecule has 6 heteroatoms. The van der Waals surface area contributed by atoms with E-state index in [4.69, 9.17) is 4.74 Å². The second kappa shape index (κ2) is 8.82. The van der Waals surface area contributed by atoms with Crippen LogP contribution in [0.25, 0.3) is 10.9 Å². The average Bonchev–Trinajstić information content (AvgIpc) is 2.75. The summed E-state index contributed by atoms with van der Waals surface area (Å²) in [7, 11) is 0. The molecular weight excluding hydrogens is 430 g/mol. The van der Waals surface area contributed by atoms with Gasteiger partial charge in [0.05, 0.1) is 17.8 Å². The SMILES string of the molecule is CCOC(=O)c1cnc2ccc(Br)cc2c1Nc1ccc(N2CCCCC2)cc1. The maximum Gasteiger partial charge on any atom is 0.341 e. The quantitative estimate of drug-likeness (QED) is 0.486. The topological polar surface area (TPSA) is 54.5 Å². The van der Waals surface area contributed by atoms with Crippen LogP contribution < -0.4 is 10.2 Å². The standard InChI is InChI=1S/C23H24BrN3O2/c1-2-29-23(28)20-15-25-21-11-6-16(24)14-19(21)22(20)26-17-7-9-18(10-8-17)27-12-4-3-5-13-27/h6-11,14-15H,2-5,12-13H2,1H3,(H,25,26). The van der Waals surface area contributed by atoms with Crippen molar-refractivity contribution in [2.45, 2.75) is 26.2 Å². The second-order valence-electron chi connectivity index (χ2n) is 7.15. The minimum Gasteiger partial charge on any atom is -0.462 e. The molecular formula is C23H24BrN3O2. The molecule has 29 heavy (non-hydrogen) atoms. The summed E-state index contributed by atoms with van der Waals surface area (Å²) in [6.45, 7) is 4.35. The molecule has 3 aromatic rings. The van der Waals surface area contributed by atoms with Crippen LogP contribution in [0, 0.1) is 0 Å². The van der Waals surface area contributed by atoms with E-state index in [1.165, 1.54) is 24.9 Å². The van der Waals surface area contributed by atoms with Crippen LogP contribution in [0.4, 0.5) is 17.1 Å². The average molecular weight is 454 g/mol. The highest BCUT2D eigenvalue weighted by Crippen LogP contribution is 2.32. The van der Waals surface area contributed by atoms with Gasteiger partial charge in [0, 0.05) is 40.5 Å². The molecule has 0 spiro atoms. The summed E-state index contributed by atoms with van der Waals surface area (Å²) in [4.78, 5) is 19.4. The number of halogens is 1. The van der Waals surface area contributed by atoms with Crippen molar-refractivity contribution in [3.8, 4) is 0 Å². The summed E-state index contributed by atoms with van der Waals surface area (Å²) in [5.41, 5.74) is 4.11. The van der Waals surface area contributed by atoms with Gasteiger partial charge in [0.2, 0.25) is 0 Å². The molecule has 0 aliphatic carbocycles. The van der Waals surface area contributed by atoms with E-state index in [1.807, 2.05) is 18.2 Å². The summed E-state index contributed by atoms with van der Waals surface area (Å²) < 4.78 is 6.17. The maximum absolute atomic E-state index is 12.5. The highest BCUT2D eigenvalue weighted by Gasteiger charge is 2.18. The normalized spacial score (nSPS) is 14.1. The molecule has 1 fully saturated rings. The lowest BCUT2D eigenvalue weighted by molar-refractivity contribution is 0.0527. The maximum atomic E-state index is 12.5. The molecule has 1 saturated heterocycles. The van der Waals surface area contributed by atoms with Gasteiger partial charge in [0.1, 0.15) is 5.56 Å². The number of rotatable bonds is 5. The largest absolute Gasteiger partial charge is 0.462 e. The number of anilines is 3. The third kappa shape index (κ3) is 4.37. The predicted molar refractivity (Wildman–Crippen MR) is 121 cm³/mol. The molecule has 0 amide bonds. The van der Waals surface area contributed by atoms with Crippen molar-refractivity contribution < 1.29 is 9.53 Å². The third-order valence-electron chi connectivity index (χ3n) is 5.18. The minimum absolute atomic E-state index is 0.319. The van der Waals surface area contributed by atoms with Gasteiger partial charge in [-0.15, -0.1) is 0 Å². The van der Waals surface area contributed by atoms with Gasteiger partial charge >= 0.3 is 5.97 Å². The van der Waals surface area contributed by atoms with E-state index in [2.05, 4.69) is 55.4 Å². The van der Waals surface area contributed by atoms with Crippen LogP contribution in [0.15, 0.2) is 53.1 Å². The Bertz CT molecular complexity index is 1010. The first-order valence-corrected chi connectivity index (χ1v) is 10.8. The molecule has 0 atom stereocenters. The third-order valence-corrected chi connectivity index (χ3v) is 5.68. The van der Waals surface area contributed by atoms with Crippen molar-refractivity contribution in [2.75, 3.05) is 29.9 Å². The van der Waals surface area contributed by atoms with Crippen molar-refractivity contribution >= 4 is 49.9 Å². The van der Waals surface area contributed by atoms with Crippen LogP contribution in [0.3, 0.4) is 0 Å². The lowest BCUT2D eigenvalue weighted by Crippen LogP contribution is -2.29. The zero-order valence-corrected chi connectivity index (χ0v) is 18.0.